The SMILES string of the molecule is CN(C)S(=O)(=O)c1cccc(S(=O)(=O)Nc2ccccc2OC(F)(F)F)c1. The highest BCUT2D eigenvalue weighted by Crippen LogP contribution is 2.31. The molecule has 2 rings (SSSR count). The van der Waals surface area contributed by atoms with Crippen molar-refractivity contribution in [3.8, 4) is 5.75 Å². The maximum atomic E-state index is 12.5. The summed E-state index contributed by atoms with van der Waals surface area (Å²) in [4.78, 5) is -0.720. The molecule has 0 aliphatic heterocycles. The quantitative estimate of drug-likeness (QED) is 0.770. The van der Waals surface area contributed by atoms with E-state index < -0.39 is 42.7 Å². The van der Waals surface area contributed by atoms with Gasteiger partial charge in [-0.25, -0.2) is 21.1 Å². The van der Waals surface area contributed by atoms with Crippen LogP contribution >= 0.6 is 0 Å². The number of halogens is 3. The minimum atomic E-state index is -5.01. The number of rotatable bonds is 6. The van der Waals surface area contributed by atoms with Crippen molar-refractivity contribution in [3.63, 3.8) is 0 Å². The van der Waals surface area contributed by atoms with Crippen LogP contribution in [0.25, 0.3) is 0 Å². The molecule has 0 amide bonds. The summed E-state index contributed by atoms with van der Waals surface area (Å²) in [6.07, 6.45) is -5.01. The van der Waals surface area contributed by atoms with Crippen LogP contribution in [0.1, 0.15) is 0 Å². The predicted octanol–water partition coefficient (Wildman–Crippen LogP) is 2.64. The molecule has 12 heteroatoms. The van der Waals surface area contributed by atoms with Crippen LogP contribution in [0.3, 0.4) is 0 Å². The number of hydrogen-bond acceptors (Lipinski definition) is 5. The fourth-order valence-electron chi connectivity index (χ4n) is 1.98. The smallest absolute Gasteiger partial charge is 0.404 e. The number of hydrogen-bond donors (Lipinski definition) is 1. The topological polar surface area (TPSA) is 92.8 Å². The van der Waals surface area contributed by atoms with Crippen LogP contribution in [0.5, 0.6) is 5.75 Å². The highest BCUT2D eigenvalue weighted by Gasteiger charge is 2.32. The fourth-order valence-corrected chi connectivity index (χ4v) is 4.12. The molecule has 1 N–H and O–H groups in total. The molecule has 0 atom stereocenters. The number of alkyl halides is 3. The lowest BCUT2D eigenvalue weighted by molar-refractivity contribution is -0.274. The number of sulfonamides is 2. The summed E-state index contributed by atoms with van der Waals surface area (Å²) in [5.74, 6) is -0.745. The van der Waals surface area contributed by atoms with Gasteiger partial charge in [0, 0.05) is 14.1 Å². The Morgan fingerprint density at radius 1 is 0.926 bits per heavy atom. The molecule has 0 aliphatic carbocycles. The Kier molecular flexibility index (Phi) is 5.73. The van der Waals surface area contributed by atoms with Crippen molar-refractivity contribution in [3.05, 3.63) is 48.5 Å². The minimum Gasteiger partial charge on any atom is -0.404 e. The third kappa shape index (κ3) is 5.11. The molecule has 27 heavy (non-hydrogen) atoms. The highest BCUT2D eigenvalue weighted by atomic mass is 32.2. The summed E-state index contributed by atoms with van der Waals surface area (Å²) in [5.41, 5.74) is -0.448. The van der Waals surface area contributed by atoms with Gasteiger partial charge in [-0.05, 0) is 30.3 Å². The van der Waals surface area contributed by atoms with Gasteiger partial charge < -0.3 is 4.74 Å². The van der Waals surface area contributed by atoms with Crippen LogP contribution in [-0.4, -0.2) is 41.6 Å². The lowest BCUT2D eigenvalue weighted by atomic mass is 10.3. The molecule has 148 valence electrons. The first-order valence-corrected chi connectivity index (χ1v) is 10.2. The third-order valence-electron chi connectivity index (χ3n) is 3.25. The Morgan fingerprint density at radius 2 is 1.52 bits per heavy atom. The summed E-state index contributed by atoms with van der Waals surface area (Å²) < 4.78 is 93.4. The average molecular weight is 424 g/mol. The summed E-state index contributed by atoms with van der Waals surface area (Å²) in [6.45, 7) is 0. The van der Waals surface area contributed by atoms with E-state index in [2.05, 4.69) is 4.74 Å². The summed E-state index contributed by atoms with van der Waals surface area (Å²) in [7, 11) is -5.72. The molecule has 0 aliphatic rings. The second kappa shape index (κ2) is 7.37. The molecule has 0 saturated heterocycles. The Bertz CT molecular complexity index is 1040. The summed E-state index contributed by atoms with van der Waals surface area (Å²) >= 11 is 0. The Hall–Kier alpha value is -2.31. The van der Waals surface area contributed by atoms with Gasteiger partial charge in [0.05, 0.1) is 15.5 Å². The van der Waals surface area contributed by atoms with Crippen molar-refractivity contribution in [1.82, 2.24) is 4.31 Å². The normalized spacial score (nSPS) is 12.8. The van der Waals surface area contributed by atoms with Gasteiger partial charge in [-0.1, -0.05) is 18.2 Å². The van der Waals surface area contributed by atoms with E-state index in [1.165, 1.54) is 38.4 Å². The monoisotopic (exact) mass is 424 g/mol. The maximum Gasteiger partial charge on any atom is 0.573 e. The van der Waals surface area contributed by atoms with Crippen molar-refractivity contribution in [1.29, 1.82) is 0 Å². The number of ether oxygens (including phenoxy) is 1. The molecule has 0 saturated carbocycles. The van der Waals surface area contributed by atoms with Crippen LogP contribution in [0.2, 0.25) is 0 Å². The van der Waals surface area contributed by atoms with Crippen molar-refractivity contribution in [2.75, 3.05) is 18.8 Å². The van der Waals surface area contributed by atoms with Gasteiger partial charge in [0.15, 0.2) is 5.75 Å². The second-order valence-corrected chi connectivity index (χ2v) is 9.25. The van der Waals surface area contributed by atoms with Crippen molar-refractivity contribution in [2.45, 2.75) is 16.2 Å². The van der Waals surface area contributed by atoms with Gasteiger partial charge in [0.1, 0.15) is 0 Å². The van der Waals surface area contributed by atoms with Crippen molar-refractivity contribution in [2.24, 2.45) is 0 Å². The molecule has 0 radical (unpaired) electrons. The van der Waals surface area contributed by atoms with Gasteiger partial charge in [-0.3, -0.25) is 4.72 Å². The number of para-hydroxylation sites is 2. The van der Waals surface area contributed by atoms with Gasteiger partial charge in [0.2, 0.25) is 10.0 Å². The van der Waals surface area contributed by atoms with E-state index in [-0.39, 0.29) is 4.90 Å². The van der Waals surface area contributed by atoms with E-state index in [9.17, 15) is 30.0 Å². The lowest BCUT2D eigenvalue weighted by Crippen LogP contribution is -2.23. The first kappa shape index (κ1) is 21.0. The Morgan fingerprint density at radius 3 is 2.11 bits per heavy atom. The van der Waals surface area contributed by atoms with Crippen LogP contribution in [0.15, 0.2) is 58.3 Å². The minimum absolute atomic E-state index is 0.282. The van der Waals surface area contributed by atoms with Crippen LogP contribution in [-0.2, 0) is 20.0 Å². The summed E-state index contributed by atoms with van der Waals surface area (Å²) in [5, 5.41) is 0. The molecule has 0 spiro atoms. The van der Waals surface area contributed by atoms with E-state index in [1.54, 1.807) is 0 Å². The zero-order valence-corrected chi connectivity index (χ0v) is 15.7. The zero-order valence-electron chi connectivity index (χ0n) is 14.1. The molecule has 0 bridgehead atoms. The standard InChI is InChI=1S/C15H15F3N2O5S2/c1-20(2)27(23,24)12-7-5-6-11(10-12)26(21,22)19-13-8-3-4-9-14(13)25-15(16,17)18/h3-10,19H,1-2H3. The first-order chi connectivity index (χ1) is 12.3. The zero-order chi connectivity index (χ0) is 20.5. The molecule has 7 nitrogen and oxygen atoms in total. The molecule has 0 unspecified atom stereocenters. The van der Waals surface area contributed by atoms with E-state index in [4.69, 9.17) is 0 Å². The number of nitrogens with one attached hydrogen (secondary N) is 1. The molecular formula is C15H15F3N2O5S2. The maximum absolute atomic E-state index is 12.5. The lowest BCUT2D eigenvalue weighted by Gasteiger charge is -2.15. The number of benzene rings is 2. The van der Waals surface area contributed by atoms with Gasteiger partial charge in [0.25, 0.3) is 10.0 Å². The van der Waals surface area contributed by atoms with E-state index >= 15 is 0 Å². The number of anilines is 1. The first-order valence-electron chi connectivity index (χ1n) is 7.23. The second-order valence-electron chi connectivity index (χ2n) is 5.41. The van der Waals surface area contributed by atoms with Gasteiger partial charge in [-0.15, -0.1) is 13.2 Å². The molecule has 2 aromatic rings. The van der Waals surface area contributed by atoms with Crippen LogP contribution in [0, 0.1) is 0 Å². The van der Waals surface area contributed by atoms with Crippen molar-refractivity contribution >= 4 is 25.7 Å². The fraction of sp³-hybridized carbons (Fsp3) is 0.200. The van der Waals surface area contributed by atoms with Gasteiger partial charge in [-0.2, -0.15) is 0 Å². The molecule has 0 fully saturated rings. The highest BCUT2D eigenvalue weighted by molar-refractivity contribution is 7.93. The average Bonchev–Trinajstić information content (AvgIpc) is 2.55. The van der Waals surface area contributed by atoms with E-state index in [0.29, 0.717) is 0 Å². The Labute approximate surface area is 154 Å². The summed E-state index contributed by atoms with van der Waals surface area (Å²) in [6, 6.07) is 9.02. The van der Waals surface area contributed by atoms with E-state index in [1.807, 2.05) is 4.72 Å². The van der Waals surface area contributed by atoms with E-state index in [0.717, 1.165) is 28.6 Å². The third-order valence-corrected chi connectivity index (χ3v) is 6.43. The molecule has 0 heterocycles. The van der Waals surface area contributed by atoms with Crippen LogP contribution < -0.4 is 9.46 Å². The van der Waals surface area contributed by atoms with Crippen molar-refractivity contribution < 1.29 is 34.7 Å². The molecular weight excluding hydrogens is 409 g/mol. The molecule has 2 aromatic carbocycles. The Balaban J connectivity index is 2.42. The largest absolute Gasteiger partial charge is 0.573 e. The molecule has 0 aromatic heterocycles. The van der Waals surface area contributed by atoms with Gasteiger partial charge >= 0.3 is 6.36 Å². The predicted molar refractivity (Wildman–Crippen MR) is 91.2 cm³/mol. The van der Waals surface area contributed by atoms with Crippen LogP contribution in [0.4, 0.5) is 18.9 Å². The number of nitrogens with zero attached hydrogens (tertiary/aromatic N) is 1.